The minimum absolute atomic E-state index is 0. The summed E-state index contributed by atoms with van der Waals surface area (Å²) in [5.41, 5.74) is 1.21. The average molecular weight is 517 g/mol. The molecule has 1 aliphatic carbocycles. The van der Waals surface area contributed by atoms with Crippen molar-refractivity contribution in [2.45, 2.75) is 58.0 Å². The molecule has 0 bridgehead atoms. The van der Waals surface area contributed by atoms with Crippen LogP contribution in [0.25, 0.3) is 0 Å². The van der Waals surface area contributed by atoms with E-state index in [1.165, 1.54) is 31.2 Å². The lowest BCUT2D eigenvalue weighted by Crippen LogP contribution is -2.43. The minimum atomic E-state index is 0. The maximum Gasteiger partial charge on any atom is 0.191 e. The van der Waals surface area contributed by atoms with Crippen LogP contribution in [0.15, 0.2) is 35.6 Å². The molecule has 0 atom stereocenters. The molecule has 0 saturated heterocycles. The van der Waals surface area contributed by atoms with Crippen molar-refractivity contribution in [3.05, 3.63) is 47.0 Å². The van der Waals surface area contributed by atoms with Crippen molar-refractivity contribution < 1.29 is 0 Å². The molecular formula is C20H30ClIN6. The third-order valence-corrected chi connectivity index (χ3v) is 5.15. The number of hydrogen-bond donors (Lipinski definition) is 2. The molecule has 3 rings (SSSR count). The Bertz CT molecular complexity index is 742. The predicted octanol–water partition coefficient (Wildman–Crippen LogP) is 3.83. The van der Waals surface area contributed by atoms with Gasteiger partial charge in [0.15, 0.2) is 5.96 Å². The zero-order chi connectivity index (χ0) is 18.9. The molecule has 2 N–H and O–H groups in total. The summed E-state index contributed by atoms with van der Waals surface area (Å²) in [6.45, 7) is 4.45. The average Bonchev–Trinajstić information content (AvgIpc) is 3.33. The Balaban J connectivity index is 0.00000280. The van der Waals surface area contributed by atoms with Crippen molar-refractivity contribution in [1.29, 1.82) is 0 Å². The molecule has 0 amide bonds. The van der Waals surface area contributed by atoms with E-state index in [-0.39, 0.29) is 24.0 Å². The number of aromatic nitrogens is 3. The third-order valence-electron chi connectivity index (χ3n) is 4.91. The highest BCUT2D eigenvalue weighted by Crippen LogP contribution is 2.17. The van der Waals surface area contributed by atoms with Gasteiger partial charge in [0, 0.05) is 37.1 Å². The molecule has 0 radical (unpaired) electrons. The lowest BCUT2D eigenvalue weighted by atomic mass is 10.1. The topological polar surface area (TPSA) is 67.1 Å². The smallest absolute Gasteiger partial charge is 0.191 e. The largest absolute Gasteiger partial charge is 0.355 e. The molecule has 1 saturated carbocycles. The van der Waals surface area contributed by atoms with E-state index in [9.17, 15) is 0 Å². The molecule has 2 aromatic rings. The van der Waals surface area contributed by atoms with Gasteiger partial charge < -0.3 is 15.2 Å². The third kappa shape index (κ3) is 7.24. The summed E-state index contributed by atoms with van der Waals surface area (Å²) in [6.07, 6.45) is 8.61. The van der Waals surface area contributed by atoms with Gasteiger partial charge in [-0.15, -0.1) is 34.2 Å². The van der Waals surface area contributed by atoms with Crippen LogP contribution in [0.3, 0.4) is 0 Å². The SMILES string of the molecule is CCc1nncn1CCNC(=NCCc1cccc(Cl)c1)NC1CCCC1.I. The van der Waals surface area contributed by atoms with Crippen molar-refractivity contribution in [2.75, 3.05) is 13.1 Å². The first kappa shape index (κ1) is 22.9. The zero-order valence-electron chi connectivity index (χ0n) is 16.4. The van der Waals surface area contributed by atoms with Crippen LogP contribution in [0.4, 0.5) is 0 Å². The number of nitrogens with zero attached hydrogens (tertiary/aromatic N) is 4. The molecule has 0 aliphatic heterocycles. The summed E-state index contributed by atoms with van der Waals surface area (Å²) in [4.78, 5) is 4.78. The van der Waals surface area contributed by atoms with E-state index in [4.69, 9.17) is 16.6 Å². The first-order valence-corrected chi connectivity index (χ1v) is 10.3. The van der Waals surface area contributed by atoms with Gasteiger partial charge in [-0.2, -0.15) is 0 Å². The van der Waals surface area contributed by atoms with Crippen LogP contribution in [0.5, 0.6) is 0 Å². The molecule has 0 unspecified atom stereocenters. The molecule has 0 spiro atoms. The highest BCUT2D eigenvalue weighted by atomic mass is 127. The van der Waals surface area contributed by atoms with Gasteiger partial charge in [-0.1, -0.05) is 43.5 Å². The monoisotopic (exact) mass is 516 g/mol. The van der Waals surface area contributed by atoms with Crippen LogP contribution in [0, 0.1) is 0 Å². The molecular weight excluding hydrogens is 487 g/mol. The Labute approximate surface area is 189 Å². The van der Waals surface area contributed by atoms with Gasteiger partial charge in [-0.3, -0.25) is 4.99 Å². The molecule has 1 aromatic heterocycles. The molecule has 1 heterocycles. The molecule has 1 aliphatic rings. The van der Waals surface area contributed by atoms with Crippen LogP contribution in [-0.4, -0.2) is 39.9 Å². The fraction of sp³-hybridized carbons (Fsp3) is 0.550. The van der Waals surface area contributed by atoms with Crippen molar-refractivity contribution >= 4 is 41.5 Å². The van der Waals surface area contributed by atoms with Crippen LogP contribution in [0.2, 0.25) is 5.02 Å². The molecule has 8 heteroatoms. The summed E-state index contributed by atoms with van der Waals surface area (Å²) >= 11 is 6.07. The number of aryl methyl sites for hydroxylation is 1. The second-order valence-electron chi connectivity index (χ2n) is 6.96. The van der Waals surface area contributed by atoms with E-state index in [0.29, 0.717) is 6.04 Å². The minimum Gasteiger partial charge on any atom is -0.355 e. The molecule has 28 heavy (non-hydrogen) atoms. The van der Waals surface area contributed by atoms with Gasteiger partial charge in [0.2, 0.25) is 0 Å². The highest BCUT2D eigenvalue weighted by Gasteiger charge is 2.16. The number of guanidine groups is 1. The molecule has 1 aromatic carbocycles. The highest BCUT2D eigenvalue weighted by molar-refractivity contribution is 14.0. The van der Waals surface area contributed by atoms with Crippen LogP contribution in [-0.2, 0) is 19.4 Å². The maximum absolute atomic E-state index is 6.07. The Hall–Kier alpha value is -1.35. The van der Waals surface area contributed by atoms with Gasteiger partial charge in [-0.25, -0.2) is 0 Å². The Morgan fingerprint density at radius 3 is 2.89 bits per heavy atom. The van der Waals surface area contributed by atoms with Crippen LogP contribution >= 0.6 is 35.6 Å². The molecule has 154 valence electrons. The van der Waals surface area contributed by atoms with Gasteiger partial charge in [0.25, 0.3) is 0 Å². The number of benzene rings is 1. The maximum atomic E-state index is 6.07. The quantitative estimate of drug-likeness (QED) is 0.318. The number of aliphatic imine (C=N–C) groups is 1. The van der Waals surface area contributed by atoms with Gasteiger partial charge in [-0.05, 0) is 37.0 Å². The lowest BCUT2D eigenvalue weighted by molar-refractivity contribution is 0.593. The summed E-state index contributed by atoms with van der Waals surface area (Å²) in [6, 6.07) is 8.52. The fourth-order valence-corrected chi connectivity index (χ4v) is 3.65. The van der Waals surface area contributed by atoms with Crippen molar-refractivity contribution in [1.82, 2.24) is 25.4 Å². The first-order chi connectivity index (χ1) is 13.2. The normalized spacial score (nSPS) is 14.7. The molecule has 6 nitrogen and oxygen atoms in total. The van der Waals surface area contributed by atoms with E-state index in [0.717, 1.165) is 49.3 Å². The van der Waals surface area contributed by atoms with Crippen LogP contribution in [0.1, 0.15) is 44.0 Å². The number of nitrogens with one attached hydrogen (secondary N) is 2. The van der Waals surface area contributed by atoms with Gasteiger partial charge in [0.1, 0.15) is 12.2 Å². The van der Waals surface area contributed by atoms with Gasteiger partial charge >= 0.3 is 0 Å². The Kier molecular flexibility index (Phi) is 10.0. The standard InChI is InChI=1S/C20H29ClN6.HI/c1-2-19-26-24-15-27(19)13-12-23-20(25-18-8-3-4-9-18)22-11-10-16-6-5-7-17(21)14-16;/h5-7,14-15,18H,2-4,8-13H2,1H3,(H2,22,23,25);1H. The van der Waals surface area contributed by atoms with E-state index in [1.807, 2.05) is 18.2 Å². The predicted molar refractivity (Wildman–Crippen MR) is 126 cm³/mol. The number of rotatable bonds is 8. The number of hydrogen-bond acceptors (Lipinski definition) is 3. The van der Waals surface area contributed by atoms with E-state index < -0.39 is 0 Å². The Morgan fingerprint density at radius 2 is 2.14 bits per heavy atom. The molecule has 1 fully saturated rings. The van der Waals surface area contributed by atoms with E-state index in [1.54, 1.807) is 6.33 Å². The van der Waals surface area contributed by atoms with Crippen molar-refractivity contribution in [3.63, 3.8) is 0 Å². The summed E-state index contributed by atoms with van der Waals surface area (Å²) < 4.78 is 2.09. The van der Waals surface area contributed by atoms with Crippen molar-refractivity contribution in [3.8, 4) is 0 Å². The van der Waals surface area contributed by atoms with Crippen LogP contribution < -0.4 is 10.6 Å². The van der Waals surface area contributed by atoms with E-state index in [2.05, 4.69) is 38.4 Å². The second kappa shape index (κ2) is 12.3. The van der Waals surface area contributed by atoms with E-state index >= 15 is 0 Å². The van der Waals surface area contributed by atoms with Gasteiger partial charge in [0.05, 0.1) is 0 Å². The zero-order valence-corrected chi connectivity index (χ0v) is 19.5. The summed E-state index contributed by atoms with van der Waals surface area (Å²) in [5, 5.41) is 16.0. The Morgan fingerprint density at radius 1 is 1.32 bits per heavy atom. The second-order valence-corrected chi connectivity index (χ2v) is 7.39. The first-order valence-electron chi connectivity index (χ1n) is 9.90. The summed E-state index contributed by atoms with van der Waals surface area (Å²) in [5.74, 6) is 1.91. The number of halogens is 2. The fourth-order valence-electron chi connectivity index (χ4n) is 3.44. The van der Waals surface area contributed by atoms with Crippen molar-refractivity contribution in [2.24, 2.45) is 4.99 Å². The summed E-state index contributed by atoms with van der Waals surface area (Å²) in [7, 11) is 0. The lowest BCUT2D eigenvalue weighted by Gasteiger charge is -2.18.